The number of hydrogen-bond donors (Lipinski definition) is 2. The first-order valence-corrected chi connectivity index (χ1v) is 9.06. The predicted octanol–water partition coefficient (Wildman–Crippen LogP) is 3.74. The number of carbonyl (C=O) groups is 1. The lowest BCUT2D eigenvalue weighted by molar-refractivity contribution is 0.0665. The molecule has 0 spiro atoms. The topological polar surface area (TPSA) is 91.3 Å². The van der Waals surface area contributed by atoms with Crippen molar-refractivity contribution in [1.82, 2.24) is 19.9 Å². The Morgan fingerprint density at radius 1 is 1.33 bits per heavy atom. The number of nitrogens with one attached hydrogen (secondary N) is 1. The van der Waals surface area contributed by atoms with Gasteiger partial charge in [0.2, 0.25) is 5.82 Å². The summed E-state index contributed by atoms with van der Waals surface area (Å²) in [4.78, 5) is 26.1. The monoisotopic (exact) mass is 406 g/mol. The molecular formula is C18H16Cl2N4O3. The highest BCUT2D eigenvalue weighted by molar-refractivity contribution is 6.46. The van der Waals surface area contributed by atoms with Gasteiger partial charge in [0.15, 0.2) is 5.75 Å². The summed E-state index contributed by atoms with van der Waals surface area (Å²) in [5.41, 5.74) is 2.54. The van der Waals surface area contributed by atoms with Crippen molar-refractivity contribution < 1.29 is 14.6 Å². The van der Waals surface area contributed by atoms with Gasteiger partial charge in [-0.1, -0.05) is 23.2 Å². The van der Waals surface area contributed by atoms with Crippen molar-refractivity contribution in [3.8, 4) is 11.5 Å². The molecule has 9 heteroatoms. The number of H-pyrrole nitrogens is 1. The number of rotatable bonds is 2. The molecule has 1 aliphatic heterocycles. The number of phenols is 1. The number of phenolic OH excluding ortho intramolecular Hbond substituents is 1. The third-order valence-electron chi connectivity index (χ3n) is 4.88. The molecule has 1 atom stereocenters. The molecule has 3 aromatic rings. The highest BCUT2D eigenvalue weighted by Gasteiger charge is 2.33. The molecule has 3 heterocycles. The Bertz CT molecular complexity index is 1050. The minimum atomic E-state index is -0.269. The first-order valence-electron chi connectivity index (χ1n) is 8.30. The van der Waals surface area contributed by atoms with E-state index in [0.717, 1.165) is 16.6 Å². The summed E-state index contributed by atoms with van der Waals surface area (Å²) in [6, 6.07) is 1.32. The summed E-state index contributed by atoms with van der Waals surface area (Å²) >= 11 is 12.3. The summed E-state index contributed by atoms with van der Waals surface area (Å²) < 4.78 is 5.03. The van der Waals surface area contributed by atoms with Gasteiger partial charge in [-0.2, -0.15) is 0 Å². The van der Waals surface area contributed by atoms with E-state index in [-0.39, 0.29) is 33.6 Å². The number of ether oxygens (including phenoxy) is 1. The van der Waals surface area contributed by atoms with Crippen LogP contribution in [0.5, 0.6) is 11.5 Å². The third-order valence-corrected chi connectivity index (χ3v) is 5.74. The number of aromatic hydroxyl groups is 1. The summed E-state index contributed by atoms with van der Waals surface area (Å²) in [6.07, 6.45) is 3.54. The Balaban J connectivity index is 1.75. The molecule has 0 radical (unpaired) electrons. The van der Waals surface area contributed by atoms with E-state index in [4.69, 9.17) is 27.9 Å². The summed E-state index contributed by atoms with van der Waals surface area (Å²) in [5.74, 6) is 0.230. The maximum absolute atomic E-state index is 12.9. The third kappa shape index (κ3) is 2.78. The van der Waals surface area contributed by atoms with Gasteiger partial charge in [-0.15, -0.1) is 0 Å². The van der Waals surface area contributed by atoms with Crippen LogP contribution in [0.25, 0.3) is 10.9 Å². The van der Waals surface area contributed by atoms with Crippen LogP contribution in [0, 0.1) is 0 Å². The van der Waals surface area contributed by atoms with Crippen LogP contribution in [0.1, 0.15) is 34.8 Å². The fraction of sp³-hybridized carbons (Fsp3) is 0.278. The summed E-state index contributed by atoms with van der Waals surface area (Å²) in [7, 11) is 1.51. The van der Waals surface area contributed by atoms with Crippen molar-refractivity contribution in [3.05, 3.63) is 45.6 Å². The van der Waals surface area contributed by atoms with Gasteiger partial charge < -0.3 is 19.7 Å². The zero-order valence-electron chi connectivity index (χ0n) is 14.6. The van der Waals surface area contributed by atoms with E-state index in [2.05, 4.69) is 15.0 Å². The number of fused-ring (bicyclic) bond motifs is 3. The fourth-order valence-corrected chi connectivity index (χ4v) is 3.92. The molecule has 4 rings (SSSR count). The van der Waals surface area contributed by atoms with Gasteiger partial charge in [0.25, 0.3) is 5.91 Å². The lowest BCUT2D eigenvalue weighted by Gasteiger charge is -2.33. The average molecular weight is 407 g/mol. The quantitative estimate of drug-likeness (QED) is 0.676. The van der Waals surface area contributed by atoms with Crippen LogP contribution >= 0.6 is 23.2 Å². The maximum atomic E-state index is 12.9. The van der Waals surface area contributed by atoms with E-state index in [0.29, 0.717) is 24.2 Å². The zero-order valence-corrected chi connectivity index (χ0v) is 16.1. The lowest BCUT2D eigenvalue weighted by atomic mass is 9.96. The van der Waals surface area contributed by atoms with E-state index < -0.39 is 0 Å². The minimum Gasteiger partial charge on any atom is -0.506 e. The second kappa shape index (κ2) is 6.58. The minimum absolute atomic E-state index is 0.0925. The number of aromatic nitrogens is 3. The molecule has 1 aliphatic rings. The van der Waals surface area contributed by atoms with Crippen LogP contribution in [0.2, 0.25) is 10.0 Å². The standard InChI is InChI=1S/C18H16Cl2N4O3/c1-8-13-10-5-12(25)14(19)15(20)16(10)23-11(13)3-4-24(8)18(26)17-21-6-9(27-2)7-22-17/h5-8,23,25H,3-4H2,1-2H3/t8-/m1/s1. The van der Waals surface area contributed by atoms with E-state index in [9.17, 15) is 9.90 Å². The second-order valence-corrected chi connectivity index (χ2v) is 7.09. The van der Waals surface area contributed by atoms with Crippen molar-refractivity contribution >= 4 is 40.0 Å². The predicted molar refractivity (Wildman–Crippen MR) is 102 cm³/mol. The van der Waals surface area contributed by atoms with Crippen molar-refractivity contribution in [2.75, 3.05) is 13.7 Å². The fourth-order valence-electron chi connectivity index (χ4n) is 3.52. The van der Waals surface area contributed by atoms with Crippen molar-refractivity contribution in [2.45, 2.75) is 19.4 Å². The Labute approximate surface area is 164 Å². The summed E-state index contributed by atoms with van der Waals surface area (Å²) in [5, 5.41) is 11.2. The van der Waals surface area contributed by atoms with Crippen LogP contribution in [-0.2, 0) is 6.42 Å². The molecule has 0 fully saturated rings. The first kappa shape index (κ1) is 17.9. The number of amides is 1. The molecule has 27 heavy (non-hydrogen) atoms. The smallest absolute Gasteiger partial charge is 0.292 e. The van der Waals surface area contributed by atoms with Gasteiger partial charge in [0.05, 0.1) is 36.1 Å². The normalized spacial score (nSPS) is 16.4. The van der Waals surface area contributed by atoms with E-state index in [1.165, 1.54) is 19.5 Å². The highest BCUT2D eigenvalue weighted by Crippen LogP contribution is 2.43. The molecule has 2 N–H and O–H groups in total. The van der Waals surface area contributed by atoms with Crippen LogP contribution in [0.4, 0.5) is 0 Å². The molecule has 0 saturated carbocycles. The van der Waals surface area contributed by atoms with Gasteiger partial charge in [0.1, 0.15) is 10.8 Å². The maximum Gasteiger partial charge on any atom is 0.292 e. The van der Waals surface area contributed by atoms with Gasteiger partial charge in [0, 0.05) is 29.6 Å². The zero-order chi connectivity index (χ0) is 19.3. The molecule has 0 aliphatic carbocycles. The van der Waals surface area contributed by atoms with E-state index in [1.54, 1.807) is 11.0 Å². The molecule has 1 aromatic carbocycles. The Kier molecular flexibility index (Phi) is 4.36. The molecule has 1 amide bonds. The number of benzene rings is 1. The Hall–Kier alpha value is -2.51. The second-order valence-electron chi connectivity index (χ2n) is 6.33. The van der Waals surface area contributed by atoms with Gasteiger partial charge >= 0.3 is 0 Å². The summed E-state index contributed by atoms with van der Waals surface area (Å²) in [6.45, 7) is 2.43. The molecule has 0 unspecified atom stereocenters. The number of methoxy groups -OCH3 is 1. The van der Waals surface area contributed by atoms with Crippen LogP contribution in [0.3, 0.4) is 0 Å². The number of halogens is 2. The van der Waals surface area contributed by atoms with E-state index >= 15 is 0 Å². The van der Waals surface area contributed by atoms with Crippen LogP contribution in [-0.4, -0.2) is 44.5 Å². The number of hydrogen-bond acceptors (Lipinski definition) is 5. The molecular weight excluding hydrogens is 391 g/mol. The Morgan fingerprint density at radius 2 is 2.04 bits per heavy atom. The van der Waals surface area contributed by atoms with Crippen molar-refractivity contribution in [2.24, 2.45) is 0 Å². The molecule has 0 saturated heterocycles. The van der Waals surface area contributed by atoms with Gasteiger partial charge in [-0.25, -0.2) is 9.97 Å². The highest BCUT2D eigenvalue weighted by atomic mass is 35.5. The largest absolute Gasteiger partial charge is 0.506 e. The van der Waals surface area contributed by atoms with Crippen molar-refractivity contribution in [1.29, 1.82) is 0 Å². The lowest BCUT2D eigenvalue weighted by Crippen LogP contribution is -2.39. The number of nitrogens with zero attached hydrogens (tertiary/aromatic N) is 3. The molecule has 2 aromatic heterocycles. The number of carbonyl (C=O) groups excluding carboxylic acids is 1. The first-order chi connectivity index (χ1) is 12.9. The average Bonchev–Trinajstić information content (AvgIpc) is 3.05. The van der Waals surface area contributed by atoms with Gasteiger partial charge in [-0.3, -0.25) is 4.79 Å². The molecule has 140 valence electrons. The van der Waals surface area contributed by atoms with E-state index in [1.807, 2.05) is 6.92 Å². The SMILES string of the molecule is COc1cnc(C(=O)N2CCc3[nH]c4c(Cl)c(Cl)c(O)cc4c3[C@H]2C)nc1. The van der Waals surface area contributed by atoms with Crippen LogP contribution < -0.4 is 4.74 Å². The van der Waals surface area contributed by atoms with Crippen LogP contribution in [0.15, 0.2) is 18.5 Å². The van der Waals surface area contributed by atoms with Gasteiger partial charge in [-0.05, 0) is 13.0 Å². The number of aromatic amines is 1. The Morgan fingerprint density at radius 3 is 2.70 bits per heavy atom. The molecule has 7 nitrogen and oxygen atoms in total. The molecule has 0 bridgehead atoms. The van der Waals surface area contributed by atoms with Crippen molar-refractivity contribution in [3.63, 3.8) is 0 Å².